The molecule has 0 bridgehead atoms. The van der Waals surface area contributed by atoms with Crippen molar-refractivity contribution in [1.29, 1.82) is 0 Å². The smallest absolute Gasteiger partial charge is 0.354 e. The van der Waals surface area contributed by atoms with Crippen molar-refractivity contribution in [2.45, 2.75) is 6.42 Å². The van der Waals surface area contributed by atoms with Crippen LogP contribution in [0.1, 0.15) is 5.56 Å². The minimum atomic E-state index is -0.463. The summed E-state index contributed by atoms with van der Waals surface area (Å²) >= 11 is 0. The molecule has 0 saturated carbocycles. The molecule has 0 aliphatic rings. The number of nitrogens with zero attached hydrogens (tertiary/aromatic N) is 5. The highest BCUT2D eigenvalue weighted by molar-refractivity contribution is 5.79. The summed E-state index contributed by atoms with van der Waals surface area (Å²) in [5.41, 5.74) is 2.45. The first-order chi connectivity index (χ1) is 13.2. The number of anilines is 1. The lowest BCUT2D eigenvalue weighted by atomic mass is 10.1. The number of aromatic nitrogens is 4. The maximum absolute atomic E-state index is 11.8. The quantitative estimate of drug-likeness (QED) is 0.418. The molecule has 0 radical (unpaired) electrons. The summed E-state index contributed by atoms with van der Waals surface area (Å²) in [5.74, 6) is 0.379. The van der Waals surface area contributed by atoms with Crippen molar-refractivity contribution in [2.75, 3.05) is 11.9 Å². The van der Waals surface area contributed by atoms with Gasteiger partial charge in [-0.15, -0.1) is 0 Å². The Balaban J connectivity index is 1.67. The largest absolute Gasteiger partial charge is 0.364 e. The van der Waals surface area contributed by atoms with Gasteiger partial charge in [-0.2, -0.15) is 0 Å². The molecule has 0 amide bonds. The molecular weight excluding hydrogens is 344 g/mol. The minimum absolute atomic E-state index is 0.172. The van der Waals surface area contributed by atoms with Crippen LogP contribution >= 0.6 is 0 Å². The number of nitrogens with one attached hydrogen (secondary N) is 1. The predicted octanol–water partition coefficient (Wildman–Crippen LogP) is 3.38. The standard InChI is InChI=1S/C19H16N6O2/c26-25(27)17-18(20-11-10-14-6-2-1-3-7-14)21-12-22-19(17)24-13-23-15-8-4-5-9-16(15)24/h1-9,12-13H,10-11H2,(H,20,21,22). The van der Waals surface area contributed by atoms with Crippen molar-refractivity contribution in [3.05, 3.63) is 82.9 Å². The zero-order chi connectivity index (χ0) is 18.6. The molecule has 0 aliphatic carbocycles. The van der Waals surface area contributed by atoms with Gasteiger partial charge in [0.15, 0.2) is 0 Å². The second-order valence-corrected chi connectivity index (χ2v) is 5.92. The molecule has 8 nitrogen and oxygen atoms in total. The highest BCUT2D eigenvalue weighted by Crippen LogP contribution is 2.29. The lowest BCUT2D eigenvalue weighted by molar-refractivity contribution is -0.384. The Bertz CT molecular complexity index is 1090. The molecule has 0 aliphatic heterocycles. The lowest BCUT2D eigenvalue weighted by Crippen LogP contribution is -2.11. The van der Waals surface area contributed by atoms with Crippen LogP contribution in [0.4, 0.5) is 11.5 Å². The third-order valence-corrected chi connectivity index (χ3v) is 4.22. The molecule has 2 heterocycles. The van der Waals surface area contributed by atoms with Crippen molar-refractivity contribution in [2.24, 2.45) is 0 Å². The van der Waals surface area contributed by atoms with Crippen LogP contribution in [-0.2, 0) is 6.42 Å². The van der Waals surface area contributed by atoms with Crippen LogP contribution in [0.25, 0.3) is 16.9 Å². The lowest BCUT2D eigenvalue weighted by Gasteiger charge is -2.09. The van der Waals surface area contributed by atoms with Gasteiger partial charge >= 0.3 is 5.69 Å². The summed E-state index contributed by atoms with van der Waals surface area (Å²) in [6, 6.07) is 17.3. The van der Waals surface area contributed by atoms with E-state index in [4.69, 9.17) is 0 Å². The van der Waals surface area contributed by atoms with Gasteiger partial charge in [-0.25, -0.2) is 15.0 Å². The maximum Gasteiger partial charge on any atom is 0.354 e. The van der Waals surface area contributed by atoms with E-state index in [-0.39, 0.29) is 17.3 Å². The van der Waals surface area contributed by atoms with Crippen LogP contribution in [0, 0.1) is 10.1 Å². The van der Waals surface area contributed by atoms with Gasteiger partial charge in [-0.1, -0.05) is 42.5 Å². The second kappa shape index (κ2) is 7.20. The van der Waals surface area contributed by atoms with Gasteiger partial charge in [-0.05, 0) is 24.1 Å². The predicted molar refractivity (Wildman–Crippen MR) is 102 cm³/mol. The van der Waals surface area contributed by atoms with Gasteiger partial charge in [-0.3, -0.25) is 14.7 Å². The van der Waals surface area contributed by atoms with Crippen molar-refractivity contribution < 1.29 is 4.92 Å². The van der Waals surface area contributed by atoms with Crippen LogP contribution in [-0.4, -0.2) is 31.0 Å². The van der Waals surface area contributed by atoms with Crippen molar-refractivity contribution >= 4 is 22.5 Å². The zero-order valence-corrected chi connectivity index (χ0v) is 14.3. The van der Waals surface area contributed by atoms with Crippen LogP contribution in [0.3, 0.4) is 0 Å². The van der Waals surface area contributed by atoms with Gasteiger partial charge in [0, 0.05) is 6.54 Å². The molecule has 0 saturated heterocycles. The van der Waals surface area contributed by atoms with Crippen LogP contribution in [0.15, 0.2) is 67.3 Å². The summed E-state index contributed by atoms with van der Waals surface area (Å²) in [7, 11) is 0. The van der Waals surface area contributed by atoms with E-state index in [0.717, 1.165) is 23.0 Å². The average Bonchev–Trinajstić information content (AvgIpc) is 3.12. The number of hydrogen-bond donors (Lipinski definition) is 1. The molecule has 1 N–H and O–H groups in total. The SMILES string of the molecule is O=[N+]([O-])c1c(NCCc2ccccc2)ncnc1-n1cnc2ccccc21. The molecule has 0 unspecified atom stereocenters. The Morgan fingerprint density at radius 1 is 1.00 bits per heavy atom. The van der Waals surface area contributed by atoms with Gasteiger partial charge in [0.1, 0.15) is 12.7 Å². The van der Waals surface area contributed by atoms with Gasteiger partial charge < -0.3 is 5.32 Å². The number of fused-ring (bicyclic) bond motifs is 1. The molecule has 134 valence electrons. The van der Waals surface area contributed by atoms with E-state index < -0.39 is 4.92 Å². The normalized spacial score (nSPS) is 10.8. The van der Waals surface area contributed by atoms with Crippen molar-refractivity contribution in [3.8, 4) is 5.82 Å². The summed E-state index contributed by atoms with van der Waals surface area (Å²) in [6.45, 7) is 0.520. The molecule has 2 aromatic heterocycles. The fourth-order valence-corrected chi connectivity index (χ4v) is 2.94. The third-order valence-electron chi connectivity index (χ3n) is 4.22. The summed E-state index contributed by atoms with van der Waals surface area (Å²) in [6.07, 6.45) is 3.58. The number of para-hydroxylation sites is 2. The highest BCUT2D eigenvalue weighted by Gasteiger charge is 2.25. The van der Waals surface area contributed by atoms with Crippen LogP contribution in [0.5, 0.6) is 0 Å². The van der Waals surface area contributed by atoms with E-state index >= 15 is 0 Å². The van der Waals surface area contributed by atoms with Crippen molar-refractivity contribution in [3.63, 3.8) is 0 Å². The Hall–Kier alpha value is -3.81. The second-order valence-electron chi connectivity index (χ2n) is 5.92. The third kappa shape index (κ3) is 3.32. The Morgan fingerprint density at radius 2 is 1.78 bits per heavy atom. The summed E-state index contributed by atoms with van der Waals surface area (Å²) in [4.78, 5) is 23.8. The molecule has 0 atom stereocenters. The topological polar surface area (TPSA) is 98.8 Å². The van der Waals surface area contributed by atoms with Crippen molar-refractivity contribution in [1.82, 2.24) is 19.5 Å². The summed E-state index contributed by atoms with van der Waals surface area (Å²) in [5, 5.41) is 14.8. The molecule has 0 spiro atoms. The Labute approximate surface area is 154 Å². The monoisotopic (exact) mass is 360 g/mol. The van der Waals surface area contributed by atoms with E-state index in [1.807, 2.05) is 54.6 Å². The van der Waals surface area contributed by atoms with Gasteiger partial charge in [0.05, 0.1) is 16.0 Å². The Kier molecular flexibility index (Phi) is 4.44. The molecule has 4 aromatic rings. The van der Waals surface area contributed by atoms with Gasteiger partial charge in [0.2, 0.25) is 11.6 Å². The molecule has 4 rings (SSSR count). The van der Waals surface area contributed by atoms with E-state index in [1.165, 1.54) is 12.7 Å². The van der Waals surface area contributed by atoms with Crippen LogP contribution in [0.2, 0.25) is 0 Å². The first-order valence-corrected chi connectivity index (χ1v) is 8.43. The number of hydrogen-bond acceptors (Lipinski definition) is 6. The molecule has 0 fully saturated rings. The fourth-order valence-electron chi connectivity index (χ4n) is 2.94. The number of benzene rings is 2. The molecule has 2 aromatic carbocycles. The summed E-state index contributed by atoms with van der Waals surface area (Å²) < 4.78 is 1.61. The van der Waals surface area contributed by atoms with Gasteiger partial charge in [0.25, 0.3) is 0 Å². The van der Waals surface area contributed by atoms with Crippen LogP contribution < -0.4 is 5.32 Å². The fraction of sp³-hybridized carbons (Fsp3) is 0.105. The number of rotatable bonds is 6. The Morgan fingerprint density at radius 3 is 2.59 bits per heavy atom. The highest BCUT2D eigenvalue weighted by atomic mass is 16.6. The molecule has 8 heteroatoms. The maximum atomic E-state index is 11.8. The first-order valence-electron chi connectivity index (χ1n) is 8.43. The number of nitro groups is 1. The zero-order valence-electron chi connectivity index (χ0n) is 14.3. The number of imidazole rings is 1. The molecule has 27 heavy (non-hydrogen) atoms. The molecular formula is C19H16N6O2. The first kappa shape index (κ1) is 16.6. The minimum Gasteiger partial charge on any atom is -0.364 e. The van der Waals surface area contributed by atoms with E-state index in [0.29, 0.717) is 6.54 Å². The van der Waals surface area contributed by atoms with E-state index in [2.05, 4.69) is 20.3 Å². The van der Waals surface area contributed by atoms with E-state index in [1.54, 1.807) is 4.57 Å². The average molecular weight is 360 g/mol. The van der Waals surface area contributed by atoms with E-state index in [9.17, 15) is 10.1 Å².